The second kappa shape index (κ2) is 8.98. The first-order valence-corrected chi connectivity index (χ1v) is 10.1. The van der Waals surface area contributed by atoms with Gasteiger partial charge in [-0.15, -0.1) is 0 Å². The summed E-state index contributed by atoms with van der Waals surface area (Å²) >= 11 is 3.31. The summed E-state index contributed by atoms with van der Waals surface area (Å²) in [6, 6.07) is 13.9. The molecule has 0 aliphatic rings. The van der Waals surface area contributed by atoms with Gasteiger partial charge in [-0.1, -0.05) is 34.1 Å². The largest absolute Gasteiger partial charge is 0.494 e. The number of carbonyl (C=O) groups is 1. The predicted molar refractivity (Wildman–Crippen MR) is 101 cm³/mol. The molecule has 2 rings (SSSR count). The third-order valence-corrected chi connectivity index (χ3v) is 5.25. The van der Waals surface area contributed by atoms with Crippen LogP contribution < -0.4 is 14.8 Å². The third-order valence-electron chi connectivity index (χ3n) is 3.21. The lowest BCUT2D eigenvalue weighted by Crippen LogP contribution is -2.33. The van der Waals surface area contributed by atoms with E-state index < -0.39 is 15.9 Å². The van der Waals surface area contributed by atoms with Crippen molar-refractivity contribution in [3.05, 3.63) is 58.6 Å². The molecular weight excluding hydrogens is 408 g/mol. The van der Waals surface area contributed by atoms with Gasteiger partial charge in [0.25, 0.3) is 0 Å². The van der Waals surface area contributed by atoms with E-state index in [1.807, 2.05) is 6.92 Å². The number of benzene rings is 2. The second-order valence-corrected chi connectivity index (χ2v) is 7.84. The topological polar surface area (TPSA) is 84.5 Å². The summed E-state index contributed by atoms with van der Waals surface area (Å²) in [4.78, 5) is 11.9. The number of ether oxygens (including phenoxy) is 1. The number of amides is 1. The van der Waals surface area contributed by atoms with E-state index in [0.29, 0.717) is 28.1 Å². The smallest absolute Gasteiger partial charge is 0.239 e. The van der Waals surface area contributed by atoms with Crippen LogP contribution in [0.15, 0.2) is 53.0 Å². The normalized spacial score (nSPS) is 11.1. The van der Waals surface area contributed by atoms with Gasteiger partial charge in [-0.3, -0.25) is 4.79 Å². The molecule has 2 N–H and O–H groups in total. The first kappa shape index (κ1) is 19.4. The second-order valence-electron chi connectivity index (χ2n) is 5.18. The summed E-state index contributed by atoms with van der Waals surface area (Å²) in [7, 11) is -3.62. The Hall–Kier alpha value is -1.90. The Labute approximate surface area is 155 Å². The fourth-order valence-corrected chi connectivity index (χ4v) is 3.78. The van der Waals surface area contributed by atoms with Crippen LogP contribution >= 0.6 is 15.9 Å². The molecule has 0 saturated heterocycles. The number of sulfonamides is 1. The van der Waals surface area contributed by atoms with Crippen molar-refractivity contribution in [1.29, 1.82) is 0 Å². The number of rotatable bonds is 8. The maximum Gasteiger partial charge on any atom is 0.239 e. The SMILES string of the molecule is CCOc1ccc(NC(=O)CNS(=O)(=O)Cc2ccccc2Br)cc1. The standard InChI is InChI=1S/C17H19BrN2O4S/c1-2-24-15-9-7-14(8-10-15)20-17(21)11-19-25(22,23)12-13-5-3-4-6-16(13)18/h3-10,19H,2,11-12H2,1H3,(H,20,21). The molecule has 0 saturated carbocycles. The van der Waals surface area contributed by atoms with Gasteiger partial charge in [-0.25, -0.2) is 13.1 Å². The zero-order valence-electron chi connectivity index (χ0n) is 13.7. The highest BCUT2D eigenvalue weighted by Gasteiger charge is 2.15. The summed E-state index contributed by atoms with van der Waals surface area (Å²) in [5.74, 6) is 0.0552. The molecule has 0 aliphatic carbocycles. The number of carbonyl (C=O) groups excluding carboxylic acids is 1. The minimum absolute atomic E-state index is 0.204. The third kappa shape index (κ3) is 6.49. The van der Waals surface area contributed by atoms with Gasteiger partial charge in [0, 0.05) is 10.2 Å². The minimum atomic E-state index is -3.62. The van der Waals surface area contributed by atoms with Crippen LogP contribution in [0, 0.1) is 0 Å². The summed E-state index contributed by atoms with van der Waals surface area (Å²) in [5.41, 5.74) is 1.19. The highest BCUT2D eigenvalue weighted by Crippen LogP contribution is 2.18. The molecule has 0 aromatic heterocycles. The molecule has 0 spiro atoms. The lowest BCUT2D eigenvalue weighted by molar-refractivity contribution is -0.115. The summed E-state index contributed by atoms with van der Waals surface area (Å²) in [5, 5.41) is 2.63. The van der Waals surface area contributed by atoms with Crippen LogP contribution in [0.5, 0.6) is 5.75 Å². The Morgan fingerprint density at radius 1 is 1.12 bits per heavy atom. The van der Waals surface area contributed by atoms with Crippen molar-refractivity contribution in [3.63, 3.8) is 0 Å². The maximum absolute atomic E-state index is 12.1. The molecule has 0 fully saturated rings. The number of hydrogen-bond acceptors (Lipinski definition) is 4. The molecule has 25 heavy (non-hydrogen) atoms. The summed E-state index contributed by atoms with van der Waals surface area (Å²) in [6.45, 7) is 2.11. The number of nitrogens with one attached hydrogen (secondary N) is 2. The van der Waals surface area contributed by atoms with Crippen molar-refractivity contribution in [3.8, 4) is 5.75 Å². The number of halogens is 1. The van der Waals surface area contributed by atoms with E-state index >= 15 is 0 Å². The summed E-state index contributed by atoms with van der Waals surface area (Å²) < 4.78 is 32.5. The van der Waals surface area contributed by atoms with Crippen LogP contribution in [0.4, 0.5) is 5.69 Å². The van der Waals surface area contributed by atoms with Crippen molar-refractivity contribution in [2.75, 3.05) is 18.5 Å². The quantitative estimate of drug-likeness (QED) is 0.679. The van der Waals surface area contributed by atoms with E-state index in [0.717, 1.165) is 0 Å². The molecule has 0 unspecified atom stereocenters. The lowest BCUT2D eigenvalue weighted by atomic mass is 10.2. The van der Waals surface area contributed by atoms with Crippen molar-refractivity contribution in [2.24, 2.45) is 0 Å². The number of anilines is 1. The lowest BCUT2D eigenvalue weighted by Gasteiger charge is -2.09. The molecule has 1 amide bonds. The maximum atomic E-state index is 12.1. The van der Waals surface area contributed by atoms with Gasteiger partial charge in [0.2, 0.25) is 15.9 Å². The zero-order valence-corrected chi connectivity index (χ0v) is 16.1. The highest BCUT2D eigenvalue weighted by atomic mass is 79.9. The van der Waals surface area contributed by atoms with Crippen LogP contribution in [0.3, 0.4) is 0 Å². The summed E-state index contributed by atoms with van der Waals surface area (Å²) in [6.07, 6.45) is 0. The van der Waals surface area contributed by atoms with E-state index in [1.165, 1.54) is 0 Å². The van der Waals surface area contributed by atoms with Crippen molar-refractivity contribution in [2.45, 2.75) is 12.7 Å². The monoisotopic (exact) mass is 426 g/mol. The predicted octanol–water partition coefficient (Wildman–Crippen LogP) is 2.91. The van der Waals surface area contributed by atoms with Gasteiger partial charge in [0.1, 0.15) is 5.75 Å². The van der Waals surface area contributed by atoms with Crippen molar-refractivity contribution < 1.29 is 17.9 Å². The Bertz CT molecular complexity index is 823. The molecule has 0 radical (unpaired) electrons. The van der Waals surface area contributed by atoms with E-state index in [1.54, 1.807) is 48.5 Å². The molecule has 0 atom stereocenters. The first-order valence-electron chi connectivity index (χ1n) is 7.63. The van der Waals surface area contributed by atoms with Crippen molar-refractivity contribution >= 4 is 37.5 Å². The average molecular weight is 427 g/mol. The Kier molecular flexibility index (Phi) is 6.98. The van der Waals surface area contributed by atoms with E-state index in [4.69, 9.17) is 4.74 Å². The molecule has 0 bridgehead atoms. The van der Waals surface area contributed by atoms with Crippen molar-refractivity contribution in [1.82, 2.24) is 4.72 Å². The zero-order chi connectivity index (χ0) is 18.3. The van der Waals surface area contributed by atoms with Gasteiger partial charge in [0.15, 0.2) is 0 Å². The van der Waals surface area contributed by atoms with Crippen LogP contribution in [0.1, 0.15) is 12.5 Å². The fourth-order valence-electron chi connectivity index (χ4n) is 2.05. The average Bonchev–Trinajstić information content (AvgIpc) is 2.57. The van der Waals surface area contributed by atoms with Gasteiger partial charge in [-0.05, 0) is 42.8 Å². The van der Waals surface area contributed by atoms with Crippen LogP contribution in [0.25, 0.3) is 0 Å². The van der Waals surface area contributed by atoms with Gasteiger partial charge in [0.05, 0.1) is 18.9 Å². The minimum Gasteiger partial charge on any atom is -0.494 e. The molecule has 6 nitrogen and oxygen atoms in total. The van der Waals surface area contributed by atoms with E-state index in [9.17, 15) is 13.2 Å². The molecule has 8 heteroatoms. The van der Waals surface area contributed by atoms with E-state index in [2.05, 4.69) is 26.0 Å². The molecule has 2 aromatic rings. The van der Waals surface area contributed by atoms with Crippen LogP contribution in [0.2, 0.25) is 0 Å². The Morgan fingerprint density at radius 3 is 2.44 bits per heavy atom. The number of hydrogen-bond donors (Lipinski definition) is 2. The van der Waals surface area contributed by atoms with E-state index in [-0.39, 0.29) is 12.3 Å². The molecule has 2 aromatic carbocycles. The molecule has 134 valence electrons. The van der Waals surface area contributed by atoms with Gasteiger partial charge >= 0.3 is 0 Å². The fraction of sp³-hybridized carbons (Fsp3) is 0.235. The first-order chi connectivity index (χ1) is 11.9. The highest BCUT2D eigenvalue weighted by molar-refractivity contribution is 9.10. The molecule has 0 aliphatic heterocycles. The Balaban J connectivity index is 1.87. The molecule has 0 heterocycles. The van der Waals surface area contributed by atoms with Crippen LogP contribution in [-0.4, -0.2) is 27.5 Å². The molecular formula is C17H19BrN2O4S. The van der Waals surface area contributed by atoms with Gasteiger partial charge < -0.3 is 10.1 Å². The van der Waals surface area contributed by atoms with Gasteiger partial charge in [-0.2, -0.15) is 0 Å². The van der Waals surface area contributed by atoms with Crippen LogP contribution in [-0.2, 0) is 20.6 Å². The Morgan fingerprint density at radius 2 is 1.80 bits per heavy atom.